The summed E-state index contributed by atoms with van der Waals surface area (Å²) in [7, 11) is 0. The molecule has 1 unspecified atom stereocenters. The Morgan fingerprint density at radius 1 is 1.00 bits per heavy atom. The number of carboxylic acid groups (broad SMARTS) is 3. The summed E-state index contributed by atoms with van der Waals surface area (Å²) in [5.41, 5.74) is 0. The number of aliphatic carboxylic acids is 3. The van der Waals surface area contributed by atoms with E-state index in [-0.39, 0.29) is 6.42 Å². The molecule has 0 heterocycles. The molecule has 0 radical (unpaired) electrons. The SMILES string of the molecule is O=C([O-])CCC(CC(=O)[O-])C(=O)[O-]. The third kappa shape index (κ3) is 5.66. The van der Waals surface area contributed by atoms with E-state index in [1.54, 1.807) is 0 Å². The zero-order valence-corrected chi connectivity index (χ0v) is 6.65. The predicted molar refractivity (Wildman–Crippen MR) is 32.4 cm³/mol. The van der Waals surface area contributed by atoms with Gasteiger partial charge < -0.3 is 29.7 Å². The molecule has 0 amide bonds. The molecule has 13 heavy (non-hydrogen) atoms. The van der Waals surface area contributed by atoms with E-state index >= 15 is 0 Å². The Morgan fingerprint density at radius 2 is 1.54 bits per heavy atom. The van der Waals surface area contributed by atoms with Crippen molar-refractivity contribution < 1.29 is 29.7 Å². The van der Waals surface area contributed by atoms with Gasteiger partial charge in [0.2, 0.25) is 0 Å². The molecule has 0 N–H and O–H groups in total. The Labute approximate surface area is 73.8 Å². The monoisotopic (exact) mass is 187 g/mol. The van der Waals surface area contributed by atoms with Crippen molar-refractivity contribution in [3.8, 4) is 0 Å². The van der Waals surface area contributed by atoms with Gasteiger partial charge in [-0.25, -0.2) is 0 Å². The highest BCUT2D eigenvalue weighted by Gasteiger charge is 2.09. The van der Waals surface area contributed by atoms with Gasteiger partial charge in [-0.2, -0.15) is 0 Å². The molecule has 0 fully saturated rings. The second-order valence-electron chi connectivity index (χ2n) is 2.50. The molecule has 0 rings (SSSR count). The largest absolute Gasteiger partial charge is 0.550 e. The van der Waals surface area contributed by atoms with Gasteiger partial charge in [0, 0.05) is 23.8 Å². The average molecular weight is 187 g/mol. The Kier molecular flexibility index (Phi) is 4.50. The predicted octanol–water partition coefficient (Wildman–Crippen LogP) is -3.98. The highest BCUT2D eigenvalue weighted by Crippen LogP contribution is 2.09. The number of rotatable bonds is 6. The number of carbonyl (C=O) groups excluding carboxylic acids is 3. The molecule has 0 bridgehead atoms. The second kappa shape index (κ2) is 5.13. The van der Waals surface area contributed by atoms with Crippen LogP contribution in [0.2, 0.25) is 0 Å². The minimum Gasteiger partial charge on any atom is -0.550 e. The third-order valence-electron chi connectivity index (χ3n) is 1.44. The van der Waals surface area contributed by atoms with Crippen LogP contribution in [-0.2, 0) is 14.4 Å². The van der Waals surface area contributed by atoms with E-state index in [1.807, 2.05) is 0 Å². The summed E-state index contributed by atoms with van der Waals surface area (Å²) in [6.45, 7) is 0. The Morgan fingerprint density at radius 3 is 1.85 bits per heavy atom. The van der Waals surface area contributed by atoms with Crippen molar-refractivity contribution in [2.75, 3.05) is 0 Å². The second-order valence-corrected chi connectivity index (χ2v) is 2.50. The molecule has 0 saturated carbocycles. The summed E-state index contributed by atoms with van der Waals surface area (Å²) in [4.78, 5) is 30.2. The van der Waals surface area contributed by atoms with Gasteiger partial charge in [-0.1, -0.05) is 0 Å². The van der Waals surface area contributed by atoms with Crippen molar-refractivity contribution >= 4 is 17.9 Å². The molecule has 0 aromatic heterocycles. The summed E-state index contributed by atoms with van der Waals surface area (Å²) in [6, 6.07) is 0. The van der Waals surface area contributed by atoms with Gasteiger partial charge in [0.25, 0.3) is 0 Å². The molecule has 74 valence electrons. The molecule has 6 nitrogen and oxygen atoms in total. The highest BCUT2D eigenvalue weighted by atomic mass is 16.4. The lowest BCUT2D eigenvalue weighted by Crippen LogP contribution is -2.37. The topological polar surface area (TPSA) is 120 Å². The molecule has 0 aliphatic carbocycles. The molecule has 0 aliphatic rings. The van der Waals surface area contributed by atoms with Gasteiger partial charge in [-0.15, -0.1) is 0 Å². The molecule has 0 spiro atoms. The number of carbonyl (C=O) groups is 3. The fourth-order valence-electron chi connectivity index (χ4n) is 0.797. The van der Waals surface area contributed by atoms with Gasteiger partial charge in [0.1, 0.15) is 0 Å². The van der Waals surface area contributed by atoms with Crippen LogP contribution in [0.15, 0.2) is 0 Å². The van der Waals surface area contributed by atoms with E-state index < -0.39 is 36.7 Å². The van der Waals surface area contributed by atoms with Crippen LogP contribution >= 0.6 is 0 Å². The molecular weight excluding hydrogens is 180 g/mol. The van der Waals surface area contributed by atoms with Crippen LogP contribution in [0.1, 0.15) is 19.3 Å². The summed E-state index contributed by atoms with van der Waals surface area (Å²) in [5, 5.41) is 30.2. The van der Waals surface area contributed by atoms with Crippen LogP contribution in [0, 0.1) is 5.92 Å². The van der Waals surface area contributed by atoms with Crippen molar-refractivity contribution in [3.63, 3.8) is 0 Å². The fourth-order valence-corrected chi connectivity index (χ4v) is 0.797. The number of carboxylic acids is 3. The van der Waals surface area contributed by atoms with E-state index in [9.17, 15) is 29.7 Å². The smallest absolute Gasteiger partial charge is 0.0449 e. The quantitative estimate of drug-likeness (QED) is 0.418. The lowest BCUT2D eigenvalue weighted by molar-refractivity contribution is -0.321. The Bertz CT molecular complexity index is 221. The van der Waals surface area contributed by atoms with Crippen molar-refractivity contribution in [1.82, 2.24) is 0 Å². The van der Waals surface area contributed by atoms with Crippen LogP contribution in [0.5, 0.6) is 0 Å². The molecule has 1 atom stereocenters. The minimum atomic E-state index is -1.59. The Balaban J connectivity index is 4.02. The van der Waals surface area contributed by atoms with Crippen LogP contribution in [0.4, 0.5) is 0 Å². The van der Waals surface area contributed by atoms with Crippen molar-refractivity contribution in [2.24, 2.45) is 5.92 Å². The van der Waals surface area contributed by atoms with E-state index in [0.29, 0.717) is 0 Å². The average Bonchev–Trinajstić information content (AvgIpc) is 1.96. The Hall–Kier alpha value is -1.59. The first-order valence-electron chi connectivity index (χ1n) is 3.54. The lowest BCUT2D eigenvalue weighted by Gasteiger charge is -2.18. The first-order valence-corrected chi connectivity index (χ1v) is 3.54. The maximum atomic E-state index is 10.2. The summed E-state index contributed by atoms with van der Waals surface area (Å²) in [6.07, 6.45) is -1.57. The van der Waals surface area contributed by atoms with Crippen molar-refractivity contribution in [1.29, 1.82) is 0 Å². The zero-order chi connectivity index (χ0) is 10.4. The molecule has 0 saturated heterocycles. The van der Waals surface area contributed by atoms with E-state index in [4.69, 9.17) is 0 Å². The number of hydrogen-bond donors (Lipinski definition) is 0. The third-order valence-corrected chi connectivity index (χ3v) is 1.44. The molecule has 0 aromatic carbocycles. The molecule has 6 heteroatoms. The summed E-state index contributed by atoms with van der Waals surface area (Å²) < 4.78 is 0. The fraction of sp³-hybridized carbons (Fsp3) is 0.571. The van der Waals surface area contributed by atoms with Gasteiger partial charge in [0.15, 0.2) is 0 Å². The lowest BCUT2D eigenvalue weighted by atomic mass is 10.00. The normalized spacial score (nSPS) is 12.0. The zero-order valence-electron chi connectivity index (χ0n) is 6.65. The van der Waals surface area contributed by atoms with Crippen LogP contribution in [-0.4, -0.2) is 17.9 Å². The van der Waals surface area contributed by atoms with Crippen LogP contribution < -0.4 is 15.3 Å². The standard InChI is InChI=1S/C7H10O6/c8-5(9)2-1-4(7(12)13)3-6(10)11/h4H,1-3H2,(H,8,9)(H,10,11)(H,12,13)/p-3. The summed E-state index contributed by atoms with van der Waals surface area (Å²) in [5.74, 6) is -5.90. The van der Waals surface area contributed by atoms with Crippen LogP contribution in [0.3, 0.4) is 0 Å². The van der Waals surface area contributed by atoms with Crippen molar-refractivity contribution in [3.05, 3.63) is 0 Å². The van der Waals surface area contributed by atoms with E-state index in [1.165, 1.54) is 0 Å². The van der Waals surface area contributed by atoms with Gasteiger partial charge >= 0.3 is 0 Å². The van der Waals surface area contributed by atoms with E-state index in [2.05, 4.69) is 0 Å². The maximum Gasteiger partial charge on any atom is 0.0449 e. The first kappa shape index (κ1) is 11.4. The van der Waals surface area contributed by atoms with Gasteiger partial charge in [0.05, 0.1) is 0 Å². The van der Waals surface area contributed by atoms with Gasteiger partial charge in [-0.05, 0) is 19.3 Å². The maximum absolute atomic E-state index is 10.2. The molecule has 0 aliphatic heterocycles. The van der Waals surface area contributed by atoms with Gasteiger partial charge in [-0.3, -0.25) is 0 Å². The number of hydrogen-bond acceptors (Lipinski definition) is 6. The van der Waals surface area contributed by atoms with E-state index in [0.717, 1.165) is 0 Å². The molecule has 0 aromatic rings. The molecular formula is C7H7O6-3. The minimum absolute atomic E-state index is 0.321. The summed E-state index contributed by atoms with van der Waals surface area (Å²) >= 11 is 0. The first-order chi connectivity index (χ1) is 5.93. The van der Waals surface area contributed by atoms with Crippen LogP contribution in [0.25, 0.3) is 0 Å². The van der Waals surface area contributed by atoms with Crippen molar-refractivity contribution in [2.45, 2.75) is 19.3 Å². The highest BCUT2D eigenvalue weighted by molar-refractivity contribution is 5.76.